The van der Waals surface area contributed by atoms with Gasteiger partial charge < -0.3 is 33.5 Å². The molecule has 3 atom stereocenters. The van der Waals surface area contributed by atoms with Crippen molar-refractivity contribution in [2.75, 3.05) is 59.5 Å². The van der Waals surface area contributed by atoms with Gasteiger partial charge >= 0.3 is 0 Å². The number of aliphatic hydroxyl groups is 1. The smallest absolute Gasteiger partial charge is 0.157 e. The summed E-state index contributed by atoms with van der Waals surface area (Å²) in [7, 11) is 0. The molecule has 1 N–H and O–H groups in total. The number of ether oxygens (including phenoxy) is 6. The monoisotopic (exact) mass is 620 g/mol. The van der Waals surface area contributed by atoms with Crippen molar-refractivity contribution in [3.05, 3.63) is 70.8 Å². The Labute approximate surface area is 269 Å². The molecule has 1 aliphatic rings. The predicted octanol–water partition coefficient (Wildman–Crippen LogP) is 8.27. The van der Waals surface area contributed by atoms with E-state index in [1.807, 2.05) is 12.1 Å². The standard InChI is InChI=1S/C24H40O6.C11H16O.2CH4/c1-3-21(2)23-9-7-22(8-10-23)20-28-17-16-26-13-12-25-14-15-27-18-19-30-24-6-4-5-11-29-24;1-3-9(2)11-6-4-10(8-12)5-7-11;;/h7-10,21,24H,3-6,11-20H2,1-2H3;4-7,9,12H,3,8H2,1-2H3;2*1H4. The van der Waals surface area contributed by atoms with Crippen molar-refractivity contribution < 1.29 is 33.5 Å². The van der Waals surface area contributed by atoms with Gasteiger partial charge in [0.15, 0.2) is 6.29 Å². The van der Waals surface area contributed by atoms with Crippen LogP contribution in [-0.4, -0.2) is 70.9 Å². The van der Waals surface area contributed by atoms with E-state index in [-0.39, 0.29) is 27.8 Å². The van der Waals surface area contributed by atoms with Gasteiger partial charge in [0.2, 0.25) is 0 Å². The number of benzene rings is 2. The van der Waals surface area contributed by atoms with E-state index in [4.69, 9.17) is 33.5 Å². The van der Waals surface area contributed by atoms with Crippen LogP contribution < -0.4 is 0 Å². The highest BCUT2D eigenvalue weighted by atomic mass is 16.7. The van der Waals surface area contributed by atoms with E-state index in [1.165, 1.54) is 29.5 Å². The first-order valence-electron chi connectivity index (χ1n) is 15.9. The number of aliphatic hydroxyl groups excluding tert-OH is 1. The third-order valence-electron chi connectivity index (χ3n) is 7.56. The SMILES string of the molecule is C.C.CCC(C)c1ccc(CO)cc1.CCC(C)c1ccc(COCCOCCOCCOCCOC2CCCCO2)cc1. The molecule has 0 amide bonds. The Bertz CT molecular complexity index is 882. The lowest BCUT2D eigenvalue weighted by Crippen LogP contribution is -2.24. The van der Waals surface area contributed by atoms with Crippen LogP contribution in [0.15, 0.2) is 48.5 Å². The molecule has 0 radical (unpaired) electrons. The second-order valence-electron chi connectivity index (χ2n) is 10.8. The molecule has 0 bridgehead atoms. The van der Waals surface area contributed by atoms with Gasteiger partial charge in [-0.05, 0) is 66.2 Å². The van der Waals surface area contributed by atoms with Crippen LogP contribution in [0.1, 0.15) is 109 Å². The Morgan fingerprint density at radius 1 is 0.659 bits per heavy atom. The van der Waals surface area contributed by atoms with Gasteiger partial charge in [-0.25, -0.2) is 0 Å². The van der Waals surface area contributed by atoms with Crippen molar-refractivity contribution >= 4 is 0 Å². The first kappa shape index (κ1) is 42.2. The maximum absolute atomic E-state index is 8.82. The molecular weight excluding hydrogens is 556 g/mol. The van der Waals surface area contributed by atoms with Crippen LogP contribution in [0.3, 0.4) is 0 Å². The van der Waals surface area contributed by atoms with Crippen molar-refractivity contribution in [1.29, 1.82) is 0 Å². The molecule has 7 nitrogen and oxygen atoms in total. The van der Waals surface area contributed by atoms with Crippen molar-refractivity contribution in [2.24, 2.45) is 0 Å². The van der Waals surface area contributed by atoms with Gasteiger partial charge in [0.05, 0.1) is 66.1 Å². The highest BCUT2D eigenvalue weighted by Gasteiger charge is 2.13. The molecule has 3 rings (SSSR count). The van der Waals surface area contributed by atoms with Gasteiger partial charge in [0, 0.05) is 6.61 Å². The fourth-order valence-electron chi connectivity index (χ4n) is 4.30. The van der Waals surface area contributed by atoms with Gasteiger partial charge in [0.1, 0.15) is 0 Å². The summed E-state index contributed by atoms with van der Waals surface area (Å²) in [4.78, 5) is 0. The van der Waals surface area contributed by atoms with Crippen LogP contribution in [0, 0.1) is 0 Å². The Balaban J connectivity index is 0.00000111. The van der Waals surface area contributed by atoms with E-state index in [0.29, 0.717) is 71.3 Å². The number of hydrogen-bond acceptors (Lipinski definition) is 7. The summed E-state index contributed by atoms with van der Waals surface area (Å²) in [6.45, 7) is 15.0. The molecule has 1 saturated heterocycles. The maximum Gasteiger partial charge on any atom is 0.157 e. The normalized spacial score (nSPS) is 15.7. The highest BCUT2D eigenvalue weighted by Crippen LogP contribution is 2.20. The Morgan fingerprint density at radius 3 is 1.55 bits per heavy atom. The Hall–Kier alpha value is -1.84. The van der Waals surface area contributed by atoms with Gasteiger partial charge in [-0.2, -0.15) is 0 Å². The van der Waals surface area contributed by atoms with Crippen molar-refractivity contribution in [2.45, 2.75) is 106 Å². The summed E-state index contributed by atoms with van der Waals surface area (Å²) in [6.07, 6.45) is 5.58. The molecule has 0 aromatic heterocycles. The summed E-state index contributed by atoms with van der Waals surface area (Å²) < 4.78 is 33.3. The second kappa shape index (κ2) is 27.5. The van der Waals surface area contributed by atoms with E-state index < -0.39 is 0 Å². The summed E-state index contributed by atoms with van der Waals surface area (Å²) in [5.74, 6) is 1.23. The lowest BCUT2D eigenvalue weighted by molar-refractivity contribution is -0.169. The van der Waals surface area contributed by atoms with Gasteiger partial charge in [-0.15, -0.1) is 0 Å². The number of rotatable bonds is 20. The first-order chi connectivity index (χ1) is 20.6. The van der Waals surface area contributed by atoms with Crippen LogP contribution in [0.25, 0.3) is 0 Å². The molecule has 0 saturated carbocycles. The van der Waals surface area contributed by atoms with E-state index >= 15 is 0 Å². The molecule has 44 heavy (non-hydrogen) atoms. The average Bonchev–Trinajstić information content (AvgIpc) is 3.05. The van der Waals surface area contributed by atoms with Crippen molar-refractivity contribution in [1.82, 2.24) is 0 Å². The van der Waals surface area contributed by atoms with E-state index in [2.05, 4.69) is 64.1 Å². The summed E-state index contributed by atoms with van der Waals surface area (Å²) in [5, 5.41) is 8.82. The van der Waals surface area contributed by atoms with Crippen molar-refractivity contribution in [3.8, 4) is 0 Å². The Kier molecular flexibility index (Phi) is 26.3. The summed E-state index contributed by atoms with van der Waals surface area (Å²) in [5.41, 5.74) is 4.93. The van der Waals surface area contributed by atoms with Crippen LogP contribution >= 0.6 is 0 Å². The lowest BCUT2D eigenvalue weighted by Gasteiger charge is -2.22. The van der Waals surface area contributed by atoms with Crippen LogP contribution in [0.5, 0.6) is 0 Å². The molecule has 1 aliphatic heterocycles. The minimum Gasteiger partial charge on any atom is -0.392 e. The predicted molar refractivity (Wildman–Crippen MR) is 181 cm³/mol. The molecule has 1 fully saturated rings. The molecule has 7 heteroatoms. The first-order valence-corrected chi connectivity index (χ1v) is 15.9. The van der Waals surface area contributed by atoms with Crippen LogP contribution in [0.2, 0.25) is 0 Å². The van der Waals surface area contributed by atoms with Gasteiger partial charge in [0.25, 0.3) is 0 Å². The highest BCUT2D eigenvalue weighted by molar-refractivity contribution is 5.25. The molecule has 1 heterocycles. The summed E-state index contributed by atoms with van der Waals surface area (Å²) in [6, 6.07) is 16.9. The largest absolute Gasteiger partial charge is 0.392 e. The molecule has 0 aliphatic carbocycles. The number of hydrogen-bond donors (Lipinski definition) is 1. The molecule has 0 spiro atoms. The zero-order valence-corrected chi connectivity index (χ0v) is 26.6. The quantitative estimate of drug-likeness (QED) is 0.149. The fraction of sp³-hybridized carbons (Fsp3) is 0.676. The Morgan fingerprint density at radius 2 is 1.11 bits per heavy atom. The summed E-state index contributed by atoms with van der Waals surface area (Å²) >= 11 is 0. The minimum atomic E-state index is -0.0464. The topological polar surface area (TPSA) is 75.6 Å². The third kappa shape index (κ3) is 18.8. The zero-order chi connectivity index (χ0) is 30.3. The van der Waals surface area contributed by atoms with E-state index in [1.54, 1.807) is 0 Å². The lowest BCUT2D eigenvalue weighted by atomic mass is 9.98. The minimum absolute atomic E-state index is 0. The molecular formula is C37H64O7. The second-order valence-corrected chi connectivity index (χ2v) is 10.8. The molecule has 2 aromatic carbocycles. The van der Waals surface area contributed by atoms with Gasteiger partial charge in [-0.3, -0.25) is 0 Å². The fourth-order valence-corrected chi connectivity index (χ4v) is 4.30. The van der Waals surface area contributed by atoms with Crippen LogP contribution in [-0.2, 0) is 41.6 Å². The molecule has 3 unspecified atom stereocenters. The maximum atomic E-state index is 8.82. The van der Waals surface area contributed by atoms with Crippen molar-refractivity contribution in [3.63, 3.8) is 0 Å². The van der Waals surface area contributed by atoms with E-state index in [0.717, 1.165) is 31.4 Å². The molecule has 2 aromatic rings. The van der Waals surface area contributed by atoms with E-state index in [9.17, 15) is 0 Å². The average molecular weight is 621 g/mol. The zero-order valence-electron chi connectivity index (χ0n) is 26.6. The van der Waals surface area contributed by atoms with Gasteiger partial charge in [-0.1, -0.05) is 91.1 Å². The van der Waals surface area contributed by atoms with Crippen LogP contribution in [0.4, 0.5) is 0 Å². The molecule has 254 valence electrons. The third-order valence-corrected chi connectivity index (χ3v) is 7.56.